The van der Waals surface area contributed by atoms with Crippen molar-refractivity contribution >= 4 is 5.91 Å². The fraction of sp³-hybridized carbons (Fsp3) is 0.571. The number of hydrogen-bond acceptors (Lipinski definition) is 3. The number of likely N-dealkylation sites (N-methyl/N-ethyl adjacent to an activating group) is 1. The van der Waals surface area contributed by atoms with Crippen LogP contribution in [0.3, 0.4) is 0 Å². The second-order valence-corrected chi connectivity index (χ2v) is 5.22. The Balaban J connectivity index is 2.50. The van der Waals surface area contributed by atoms with Crippen LogP contribution in [0.25, 0.3) is 0 Å². The molecular formula is C14H23N3O. The van der Waals surface area contributed by atoms with E-state index in [4.69, 9.17) is 5.73 Å². The van der Waals surface area contributed by atoms with Crippen molar-refractivity contribution in [2.75, 3.05) is 20.1 Å². The van der Waals surface area contributed by atoms with Gasteiger partial charge in [0.05, 0.1) is 0 Å². The molecule has 0 atom stereocenters. The topological polar surface area (TPSA) is 59.2 Å². The highest BCUT2D eigenvalue weighted by Crippen LogP contribution is 2.22. The van der Waals surface area contributed by atoms with E-state index in [0.29, 0.717) is 19.5 Å². The third-order valence-electron chi connectivity index (χ3n) is 3.12. The minimum absolute atomic E-state index is 0.142. The number of amides is 1. The predicted molar refractivity (Wildman–Crippen MR) is 73.0 cm³/mol. The van der Waals surface area contributed by atoms with E-state index >= 15 is 0 Å². The van der Waals surface area contributed by atoms with Crippen molar-refractivity contribution in [3.05, 3.63) is 30.1 Å². The molecule has 0 aliphatic heterocycles. The highest BCUT2D eigenvalue weighted by Gasteiger charge is 2.29. The second-order valence-electron chi connectivity index (χ2n) is 5.22. The number of nitrogens with two attached hydrogens (primary N) is 1. The van der Waals surface area contributed by atoms with Crippen molar-refractivity contribution in [3.63, 3.8) is 0 Å². The van der Waals surface area contributed by atoms with Crippen LogP contribution in [0, 0.1) is 5.41 Å². The summed E-state index contributed by atoms with van der Waals surface area (Å²) in [5.74, 6) is 0.142. The molecule has 1 aromatic heterocycles. The maximum atomic E-state index is 12.2. The van der Waals surface area contributed by atoms with E-state index in [1.54, 1.807) is 11.1 Å². The maximum absolute atomic E-state index is 12.2. The van der Waals surface area contributed by atoms with Gasteiger partial charge in [-0.25, -0.2) is 0 Å². The van der Waals surface area contributed by atoms with Gasteiger partial charge in [0.15, 0.2) is 0 Å². The molecule has 2 N–H and O–H groups in total. The van der Waals surface area contributed by atoms with E-state index in [9.17, 15) is 4.79 Å². The van der Waals surface area contributed by atoms with Crippen LogP contribution in [0.15, 0.2) is 24.4 Å². The monoisotopic (exact) mass is 249 g/mol. The van der Waals surface area contributed by atoms with Crippen molar-refractivity contribution in [2.24, 2.45) is 11.1 Å². The highest BCUT2D eigenvalue weighted by atomic mass is 16.2. The molecule has 0 aliphatic carbocycles. The molecule has 1 rings (SSSR count). The first-order valence-electron chi connectivity index (χ1n) is 6.33. The molecule has 4 heteroatoms. The summed E-state index contributed by atoms with van der Waals surface area (Å²) in [4.78, 5) is 18.2. The maximum Gasteiger partial charge on any atom is 0.228 e. The van der Waals surface area contributed by atoms with E-state index in [1.165, 1.54) is 0 Å². The molecular weight excluding hydrogens is 226 g/mol. The van der Waals surface area contributed by atoms with Gasteiger partial charge in [-0.05, 0) is 25.1 Å². The Morgan fingerprint density at radius 1 is 1.44 bits per heavy atom. The molecule has 0 unspecified atom stereocenters. The third-order valence-corrected chi connectivity index (χ3v) is 3.12. The Labute approximate surface area is 109 Å². The zero-order valence-corrected chi connectivity index (χ0v) is 11.5. The van der Waals surface area contributed by atoms with Crippen LogP contribution in [-0.4, -0.2) is 35.9 Å². The van der Waals surface area contributed by atoms with Crippen molar-refractivity contribution in [2.45, 2.75) is 26.7 Å². The number of pyridine rings is 1. The van der Waals surface area contributed by atoms with Gasteiger partial charge in [0.1, 0.15) is 0 Å². The Morgan fingerprint density at radius 2 is 2.17 bits per heavy atom. The van der Waals surface area contributed by atoms with E-state index in [-0.39, 0.29) is 11.3 Å². The van der Waals surface area contributed by atoms with Crippen molar-refractivity contribution < 1.29 is 4.79 Å². The Bertz CT molecular complexity index is 376. The van der Waals surface area contributed by atoms with Crippen LogP contribution in [0.5, 0.6) is 0 Å². The first-order valence-corrected chi connectivity index (χ1v) is 6.33. The number of aromatic nitrogens is 1. The van der Waals surface area contributed by atoms with E-state index in [0.717, 1.165) is 12.1 Å². The van der Waals surface area contributed by atoms with Crippen LogP contribution in [0.2, 0.25) is 0 Å². The van der Waals surface area contributed by atoms with E-state index in [1.807, 2.05) is 39.1 Å². The number of carbonyl (C=O) groups excluding carboxylic acids is 1. The van der Waals surface area contributed by atoms with Gasteiger partial charge in [0.2, 0.25) is 5.91 Å². The molecule has 0 radical (unpaired) electrons. The highest BCUT2D eigenvalue weighted by molar-refractivity contribution is 5.81. The molecule has 0 saturated carbocycles. The van der Waals surface area contributed by atoms with Gasteiger partial charge < -0.3 is 10.6 Å². The lowest BCUT2D eigenvalue weighted by Crippen LogP contribution is -2.40. The molecule has 1 aromatic rings. The standard InChI is InChI=1S/C14H23N3O/c1-14(2,8-9-15)13(18)17(3)11-7-12-6-4-5-10-16-12/h4-6,10H,7-9,11,15H2,1-3H3. The van der Waals surface area contributed by atoms with Gasteiger partial charge in [-0.15, -0.1) is 0 Å². The van der Waals surface area contributed by atoms with Gasteiger partial charge >= 0.3 is 0 Å². The van der Waals surface area contributed by atoms with Crippen molar-refractivity contribution in [1.82, 2.24) is 9.88 Å². The van der Waals surface area contributed by atoms with Gasteiger partial charge in [0.25, 0.3) is 0 Å². The summed E-state index contributed by atoms with van der Waals surface area (Å²) in [6, 6.07) is 5.83. The number of nitrogens with zero attached hydrogens (tertiary/aromatic N) is 2. The van der Waals surface area contributed by atoms with Gasteiger partial charge in [-0.3, -0.25) is 9.78 Å². The van der Waals surface area contributed by atoms with Crippen LogP contribution >= 0.6 is 0 Å². The molecule has 1 heterocycles. The molecule has 1 amide bonds. The molecule has 0 spiro atoms. The minimum atomic E-state index is -0.381. The normalized spacial score (nSPS) is 11.3. The fourth-order valence-electron chi connectivity index (χ4n) is 1.91. The first kappa shape index (κ1) is 14.6. The lowest BCUT2D eigenvalue weighted by atomic mass is 9.87. The summed E-state index contributed by atoms with van der Waals surface area (Å²) in [7, 11) is 1.84. The third kappa shape index (κ3) is 4.11. The molecule has 18 heavy (non-hydrogen) atoms. The summed E-state index contributed by atoms with van der Waals surface area (Å²) in [6.07, 6.45) is 3.26. The second kappa shape index (κ2) is 6.50. The summed E-state index contributed by atoms with van der Waals surface area (Å²) >= 11 is 0. The van der Waals surface area contributed by atoms with Crippen LogP contribution in [0.4, 0.5) is 0 Å². The summed E-state index contributed by atoms with van der Waals surface area (Å²) < 4.78 is 0. The lowest BCUT2D eigenvalue weighted by molar-refractivity contribution is -0.139. The van der Waals surface area contributed by atoms with Crippen LogP contribution < -0.4 is 5.73 Å². The Morgan fingerprint density at radius 3 is 2.72 bits per heavy atom. The molecule has 0 bridgehead atoms. The van der Waals surface area contributed by atoms with E-state index in [2.05, 4.69) is 4.98 Å². The first-order chi connectivity index (χ1) is 8.47. The quantitative estimate of drug-likeness (QED) is 0.830. The lowest BCUT2D eigenvalue weighted by Gasteiger charge is -2.29. The summed E-state index contributed by atoms with van der Waals surface area (Å²) in [5, 5.41) is 0. The van der Waals surface area contributed by atoms with Crippen LogP contribution in [0.1, 0.15) is 26.0 Å². The van der Waals surface area contributed by atoms with Gasteiger partial charge in [-0.2, -0.15) is 0 Å². The number of rotatable bonds is 6. The molecule has 0 fully saturated rings. The van der Waals surface area contributed by atoms with Gasteiger partial charge in [-0.1, -0.05) is 19.9 Å². The summed E-state index contributed by atoms with van der Waals surface area (Å²) in [6.45, 7) is 5.11. The largest absolute Gasteiger partial charge is 0.345 e. The smallest absolute Gasteiger partial charge is 0.228 e. The molecule has 100 valence electrons. The number of carbonyl (C=O) groups is 1. The molecule has 0 aromatic carbocycles. The van der Waals surface area contributed by atoms with Crippen molar-refractivity contribution in [3.8, 4) is 0 Å². The summed E-state index contributed by atoms with van der Waals surface area (Å²) in [5.41, 5.74) is 6.16. The zero-order chi connectivity index (χ0) is 13.6. The zero-order valence-electron chi connectivity index (χ0n) is 11.5. The SMILES string of the molecule is CN(CCc1ccccn1)C(=O)C(C)(C)CCN. The Hall–Kier alpha value is -1.42. The molecule has 0 saturated heterocycles. The fourth-order valence-corrected chi connectivity index (χ4v) is 1.91. The average molecular weight is 249 g/mol. The molecule has 0 aliphatic rings. The van der Waals surface area contributed by atoms with Crippen LogP contribution in [-0.2, 0) is 11.2 Å². The van der Waals surface area contributed by atoms with Crippen molar-refractivity contribution in [1.29, 1.82) is 0 Å². The van der Waals surface area contributed by atoms with Gasteiger partial charge in [0, 0.05) is 37.3 Å². The number of hydrogen-bond donors (Lipinski definition) is 1. The predicted octanol–water partition coefficient (Wildman–Crippen LogP) is 1.46. The molecule has 4 nitrogen and oxygen atoms in total. The Kier molecular flexibility index (Phi) is 5.28. The van der Waals surface area contributed by atoms with E-state index < -0.39 is 0 Å². The minimum Gasteiger partial charge on any atom is -0.345 e. The average Bonchev–Trinajstić information content (AvgIpc) is 2.36.